The molecule has 3 rings (SSSR count). The van der Waals surface area contributed by atoms with Crippen LogP contribution < -0.4 is 0 Å². The molecule has 3 N–H and O–H groups in total. The molecule has 3 saturated carbocycles. The lowest BCUT2D eigenvalue weighted by atomic mass is 9.51. The molecular formula is C22H32O4. The highest BCUT2D eigenvalue weighted by Gasteiger charge is 2.51. The Morgan fingerprint density at radius 2 is 1.96 bits per heavy atom. The number of aliphatic carboxylic acids is 1. The summed E-state index contributed by atoms with van der Waals surface area (Å²) in [6.07, 6.45) is 9.31. The van der Waals surface area contributed by atoms with Crippen molar-refractivity contribution in [3.63, 3.8) is 0 Å². The fourth-order valence-corrected chi connectivity index (χ4v) is 5.36. The largest absolute Gasteiger partial charge is 0.481 e. The maximum Gasteiger partial charge on any atom is 0.303 e. The van der Waals surface area contributed by atoms with Crippen molar-refractivity contribution in [3.05, 3.63) is 11.6 Å². The summed E-state index contributed by atoms with van der Waals surface area (Å²) in [5.74, 6) is 6.89. The van der Waals surface area contributed by atoms with Gasteiger partial charge < -0.3 is 15.3 Å². The highest BCUT2D eigenvalue weighted by atomic mass is 16.4. The molecular weight excluding hydrogens is 328 g/mol. The van der Waals surface area contributed by atoms with Gasteiger partial charge in [0, 0.05) is 6.42 Å². The third-order valence-electron chi connectivity index (χ3n) is 6.83. The first-order chi connectivity index (χ1) is 12.5. The predicted molar refractivity (Wildman–Crippen MR) is 100 cm³/mol. The number of fused-ring (bicyclic) bond motifs is 1. The Kier molecular flexibility index (Phi) is 6.42. The van der Waals surface area contributed by atoms with E-state index in [1.54, 1.807) is 0 Å². The SMILES string of the molecule is C[C@H]1/C(=C/CCC(=O)O)[C@H]2CC[C@@H](O)[C@H](C#C[C@@H](O)C3CCCCC3)[C@H]21. The van der Waals surface area contributed by atoms with Crippen molar-refractivity contribution in [1.29, 1.82) is 0 Å². The monoisotopic (exact) mass is 360 g/mol. The van der Waals surface area contributed by atoms with Crippen molar-refractivity contribution >= 4 is 5.97 Å². The molecule has 0 bridgehead atoms. The van der Waals surface area contributed by atoms with Crippen LogP contribution in [0.25, 0.3) is 0 Å². The number of carboxylic acid groups (broad SMARTS) is 1. The first-order valence-corrected chi connectivity index (χ1v) is 10.3. The molecule has 6 atom stereocenters. The minimum Gasteiger partial charge on any atom is -0.481 e. The second kappa shape index (κ2) is 8.59. The molecule has 0 aromatic heterocycles. The Hall–Kier alpha value is -1.31. The minimum absolute atomic E-state index is 0.0707. The van der Waals surface area contributed by atoms with Crippen LogP contribution in [0.2, 0.25) is 0 Å². The number of rotatable bonds is 4. The summed E-state index contributed by atoms with van der Waals surface area (Å²) < 4.78 is 0. The third-order valence-corrected chi connectivity index (χ3v) is 6.83. The second-order valence-electron chi connectivity index (χ2n) is 8.41. The summed E-state index contributed by atoms with van der Waals surface area (Å²) in [7, 11) is 0. The number of aliphatic hydroxyl groups is 2. The summed E-state index contributed by atoms with van der Waals surface area (Å²) in [5.41, 5.74) is 1.35. The maximum atomic E-state index is 10.7. The summed E-state index contributed by atoms with van der Waals surface area (Å²) >= 11 is 0. The fraction of sp³-hybridized carbons (Fsp3) is 0.773. The van der Waals surface area contributed by atoms with E-state index in [1.165, 1.54) is 24.8 Å². The lowest BCUT2D eigenvalue weighted by Gasteiger charge is -2.53. The normalized spacial score (nSPS) is 37.2. The molecule has 144 valence electrons. The molecule has 0 aromatic carbocycles. The lowest BCUT2D eigenvalue weighted by Crippen LogP contribution is -2.50. The van der Waals surface area contributed by atoms with Gasteiger partial charge in [-0.25, -0.2) is 0 Å². The van der Waals surface area contributed by atoms with E-state index in [4.69, 9.17) is 5.11 Å². The Labute approximate surface area is 156 Å². The average Bonchev–Trinajstić information content (AvgIpc) is 2.64. The highest BCUT2D eigenvalue weighted by Crippen LogP contribution is 2.55. The summed E-state index contributed by atoms with van der Waals surface area (Å²) in [5, 5.41) is 29.7. The second-order valence-corrected chi connectivity index (χ2v) is 8.41. The van der Waals surface area contributed by atoms with Crippen molar-refractivity contribution in [3.8, 4) is 11.8 Å². The summed E-state index contributed by atoms with van der Waals surface area (Å²) in [6, 6.07) is 0. The van der Waals surface area contributed by atoms with Gasteiger partial charge in [0.15, 0.2) is 0 Å². The van der Waals surface area contributed by atoms with Gasteiger partial charge in [-0.15, -0.1) is 0 Å². The number of allylic oxidation sites excluding steroid dienone is 2. The van der Waals surface area contributed by atoms with Crippen LogP contribution in [0.4, 0.5) is 0 Å². The van der Waals surface area contributed by atoms with Crippen molar-refractivity contribution < 1.29 is 20.1 Å². The number of hydrogen-bond acceptors (Lipinski definition) is 3. The van der Waals surface area contributed by atoms with Crippen LogP contribution in [0.3, 0.4) is 0 Å². The molecule has 0 aliphatic heterocycles. The first kappa shape index (κ1) is 19.5. The van der Waals surface area contributed by atoms with Gasteiger partial charge in [-0.2, -0.15) is 0 Å². The fourth-order valence-electron chi connectivity index (χ4n) is 5.36. The Balaban J connectivity index is 1.65. The standard InChI is InChI=1S/C22H32O4/c1-14-16(8-5-9-21(25)26)17-10-13-20(24)18(22(14)17)11-12-19(23)15-6-3-2-4-7-15/h8,14-15,17-20,22-24H,2-7,9-10,13H2,1H3,(H,25,26)/b16-8-/t14-,17+,18-,19+,20+,22-/m0/s1. The molecule has 0 amide bonds. The molecule has 3 fully saturated rings. The van der Waals surface area contributed by atoms with Crippen LogP contribution in [0.15, 0.2) is 11.6 Å². The van der Waals surface area contributed by atoms with E-state index in [9.17, 15) is 15.0 Å². The number of carbonyl (C=O) groups is 1. The van der Waals surface area contributed by atoms with Gasteiger partial charge >= 0.3 is 5.97 Å². The van der Waals surface area contributed by atoms with Gasteiger partial charge in [0.05, 0.1) is 12.0 Å². The van der Waals surface area contributed by atoms with E-state index in [-0.39, 0.29) is 18.3 Å². The van der Waals surface area contributed by atoms with Crippen LogP contribution in [0.5, 0.6) is 0 Å². The van der Waals surface area contributed by atoms with Crippen molar-refractivity contribution in [2.75, 3.05) is 0 Å². The highest BCUT2D eigenvalue weighted by molar-refractivity contribution is 5.66. The first-order valence-electron chi connectivity index (χ1n) is 10.3. The summed E-state index contributed by atoms with van der Waals surface area (Å²) in [6.45, 7) is 2.16. The van der Waals surface area contributed by atoms with Gasteiger partial charge in [0.1, 0.15) is 6.10 Å². The number of carboxylic acids is 1. The molecule has 3 aliphatic rings. The van der Waals surface area contributed by atoms with E-state index in [2.05, 4.69) is 24.8 Å². The van der Waals surface area contributed by atoms with Crippen molar-refractivity contribution in [1.82, 2.24) is 0 Å². The molecule has 0 unspecified atom stereocenters. The molecule has 0 heterocycles. The van der Waals surface area contributed by atoms with Gasteiger partial charge in [-0.3, -0.25) is 4.79 Å². The minimum atomic E-state index is -0.759. The molecule has 3 aliphatic carbocycles. The van der Waals surface area contributed by atoms with E-state index in [0.717, 1.165) is 25.7 Å². The quantitative estimate of drug-likeness (QED) is 0.530. The van der Waals surface area contributed by atoms with Crippen LogP contribution in [-0.2, 0) is 4.79 Å². The maximum absolute atomic E-state index is 10.7. The molecule has 0 aromatic rings. The predicted octanol–water partition coefficient (Wildman–Crippen LogP) is 3.38. The molecule has 26 heavy (non-hydrogen) atoms. The number of hydrogen-bond donors (Lipinski definition) is 3. The number of aliphatic hydroxyl groups excluding tert-OH is 2. The van der Waals surface area contributed by atoms with Gasteiger partial charge in [-0.1, -0.05) is 49.7 Å². The zero-order chi connectivity index (χ0) is 18.7. The van der Waals surface area contributed by atoms with E-state index in [0.29, 0.717) is 24.2 Å². The molecule has 4 heteroatoms. The van der Waals surface area contributed by atoms with E-state index >= 15 is 0 Å². The van der Waals surface area contributed by atoms with Gasteiger partial charge in [0.25, 0.3) is 0 Å². The topological polar surface area (TPSA) is 77.8 Å². The third kappa shape index (κ3) is 4.15. The van der Waals surface area contributed by atoms with Crippen LogP contribution in [-0.4, -0.2) is 33.5 Å². The Bertz CT molecular complexity index is 593. The van der Waals surface area contributed by atoms with Crippen LogP contribution in [0.1, 0.15) is 64.7 Å². The zero-order valence-electron chi connectivity index (χ0n) is 15.7. The smallest absolute Gasteiger partial charge is 0.303 e. The van der Waals surface area contributed by atoms with Crippen LogP contribution >= 0.6 is 0 Å². The van der Waals surface area contributed by atoms with Gasteiger partial charge in [-0.05, 0) is 55.8 Å². The molecule has 0 spiro atoms. The van der Waals surface area contributed by atoms with Crippen LogP contribution in [0, 0.1) is 41.4 Å². The average molecular weight is 360 g/mol. The summed E-state index contributed by atoms with van der Waals surface area (Å²) in [4.78, 5) is 10.7. The van der Waals surface area contributed by atoms with E-state index < -0.39 is 18.2 Å². The van der Waals surface area contributed by atoms with Gasteiger partial charge in [0.2, 0.25) is 0 Å². The molecule has 4 nitrogen and oxygen atoms in total. The van der Waals surface area contributed by atoms with E-state index in [1.807, 2.05) is 0 Å². The molecule has 0 saturated heterocycles. The Morgan fingerprint density at radius 3 is 2.65 bits per heavy atom. The van der Waals surface area contributed by atoms with Crippen molar-refractivity contribution in [2.24, 2.45) is 29.6 Å². The van der Waals surface area contributed by atoms with Crippen molar-refractivity contribution in [2.45, 2.75) is 76.9 Å². The zero-order valence-corrected chi connectivity index (χ0v) is 15.7. The lowest BCUT2D eigenvalue weighted by molar-refractivity contribution is -0.136. The molecule has 0 radical (unpaired) electrons. The Morgan fingerprint density at radius 1 is 1.23 bits per heavy atom.